The molecule has 0 saturated carbocycles. The number of likely N-dealkylation sites (N-methyl/N-ethyl adjacent to an activating group) is 1. The van der Waals surface area contributed by atoms with E-state index in [1.807, 2.05) is 32.3 Å². The Balaban J connectivity index is 1.97. The molecule has 1 N–H and O–H groups in total. The average Bonchev–Trinajstić information content (AvgIpc) is 2.55. The fraction of sp³-hybridized carbons (Fsp3) is 0.588. The van der Waals surface area contributed by atoms with Crippen LogP contribution in [0.3, 0.4) is 0 Å². The van der Waals surface area contributed by atoms with E-state index in [0.717, 1.165) is 24.2 Å². The van der Waals surface area contributed by atoms with Crippen LogP contribution in [0.1, 0.15) is 24.4 Å². The van der Waals surface area contributed by atoms with Crippen molar-refractivity contribution in [3.05, 3.63) is 29.8 Å². The van der Waals surface area contributed by atoms with Crippen LogP contribution in [-0.2, 0) is 9.53 Å². The minimum atomic E-state index is 0.0851. The van der Waals surface area contributed by atoms with E-state index in [-0.39, 0.29) is 17.9 Å². The molecule has 5 nitrogen and oxygen atoms in total. The first-order valence-corrected chi connectivity index (χ1v) is 7.77. The maximum atomic E-state index is 12.3. The van der Waals surface area contributed by atoms with Crippen molar-refractivity contribution in [1.29, 1.82) is 0 Å². The van der Waals surface area contributed by atoms with Crippen molar-refractivity contribution in [2.24, 2.45) is 5.92 Å². The first-order chi connectivity index (χ1) is 10.6. The lowest BCUT2D eigenvalue weighted by molar-refractivity contribution is -0.128. The Morgan fingerprint density at radius 2 is 2.14 bits per heavy atom. The summed E-state index contributed by atoms with van der Waals surface area (Å²) < 4.78 is 10.6. The van der Waals surface area contributed by atoms with Crippen molar-refractivity contribution in [2.45, 2.75) is 18.9 Å². The zero-order chi connectivity index (χ0) is 15.9. The van der Waals surface area contributed by atoms with Crippen molar-refractivity contribution >= 4 is 5.91 Å². The minimum Gasteiger partial charge on any atom is -0.497 e. The summed E-state index contributed by atoms with van der Waals surface area (Å²) in [7, 11) is 5.70. The molecule has 1 fully saturated rings. The predicted molar refractivity (Wildman–Crippen MR) is 86.0 cm³/mol. The van der Waals surface area contributed by atoms with Crippen LogP contribution >= 0.6 is 0 Å². The summed E-state index contributed by atoms with van der Waals surface area (Å²) in [6.45, 7) is 1.96. The number of ether oxygens (including phenoxy) is 2. The quantitative estimate of drug-likeness (QED) is 0.871. The number of nitrogens with zero attached hydrogens (tertiary/aromatic N) is 1. The van der Waals surface area contributed by atoms with E-state index >= 15 is 0 Å². The summed E-state index contributed by atoms with van der Waals surface area (Å²) >= 11 is 0. The van der Waals surface area contributed by atoms with Crippen molar-refractivity contribution in [3.8, 4) is 5.75 Å². The van der Waals surface area contributed by atoms with Crippen LogP contribution in [0.15, 0.2) is 24.3 Å². The van der Waals surface area contributed by atoms with Gasteiger partial charge in [-0.05, 0) is 44.6 Å². The van der Waals surface area contributed by atoms with Gasteiger partial charge >= 0.3 is 0 Å². The Morgan fingerprint density at radius 3 is 2.77 bits per heavy atom. The number of hydrogen-bond acceptors (Lipinski definition) is 4. The summed E-state index contributed by atoms with van der Waals surface area (Å²) in [4.78, 5) is 14.4. The molecule has 1 heterocycles. The summed E-state index contributed by atoms with van der Waals surface area (Å²) in [5.41, 5.74) is 1.14. The highest BCUT2D eigenvalue weighted by atomic mass is 16.5. The van der Waals surface area contributed by atoms with Gasteiger partial charge in [-0.1, -0.05) is 12.1 Å². The maximum Gasteiger partial charge on any atom is 0.223 e. The van der Waals surface area contributed by atoms with E-state index in [1.54, 1.807) is 7.11 Å². The highest BCUT2D eigenvalue weighted by molar-refractivity contribution is 5.78. The van der Waals surface area contributed by atoms with Crippen LogP contribution in [0.4, 0.5) is 0 Å². The van der Waals surface area contributed by atoms with Crippen molar-refractivity contribution in [3.63, 3.8) is 0 Å². The molecule has 0 spiro atoms. The molecule has 1 aliphatic heterocycles. The number of amides is 1. The molecule has 1 atom stereocenters. The number of carbonyl (C=O) groups is 1. The predicted octanol–water partition coefficient (Wildman–Crippen LogP) is 1.84. The first kappa shape index (κ1) is 16.8. The van der Waals surface area contributed by atoms with Crippen LogP contribution in [0.25, 0.3) is 0 Å². The van der Waals surface area contributed by atoms with E-state index in [2.05, 4.69) is 16.3 Å². The molecule has 0 bridgehead atoms. The molecule has 1 aliphatic rings. The van der Waals surface area contributed by atoms with Crippen molar-refractivity contribution < 1.29 is 14.3 Å². The molecule has 1 aromatic rings. The molecular formula is C17H26N2O3. The monoisotopic (exact) mass is 306 g/mol. The molecule has 122 valence electrons. The minimum absolute atomic E-state index is 0.0851. The molecule has 1 amide bonds. The maximum absolute atomic E-state index is 12.3. The number of benzene rings is 1. The van der Waals surface area contributed by atoms with E-state index in [0.29, 0.717) is 19.8 Å². The second-order valence-electron chi connectivity index (χ2n) is 5.89. The van der Waals surface area contributed by atoms with Crippen molar-refractivity contribution in [2.75, 3.05) is 41.0 Å². The number of hydrogen-bond donors (Lipinski definition) is 1. The van der Waals surface area contributed by atoms with Crippen LogP contribution in [0.2, 0.25) is 0 Å². The summed E-state index contributed by atoms with van der Waals surface area (Å²) in [5.74, 6) is 1.06. The van der Waals surface area contributed by atoms with E-state index in [4.69, 9.17) is 9.47 Å². The standard InChI is InChI=1S/C17H26N2O3/c1-19(2)16(14-5-4-6-15(11-14)21-3)12-18-17(20)13-7-9-22-10-8-13/h4-6,11,13,16H,7-10,12H2,1-3H3,(H,18,20). The van der Waals surface area contributed by atoms with Gasteiger partial charge in [0.15, 0.2) is 0 Å². The Hall–Kier alpha value is -1.59. The molecule has 0 aliphatic carbocycles. The normalized spacial score (nSPS) is 17.3. The zero-order valence-electron chi connectivity index (χ0n) is 13.7. The third kappa shape index (κ3) is 4.45. The SMILES string of the molecule is COc1cccc(C(CNC(=O)C2CCOCC2)N(C)C)c1. The van der Waals surface area contributed by atoms with Crippen LogP contribution < -0.4 is 10.1 Å². The molecule has 22 heavy (non-hydrogen) atoms. The molecule has 1 aromatic carbocycles. The highest BCUT2D eigenvalue weighted by Gasteiger charge is 2.23. The molecule has 1 unspecified atom stereocenters. The lowest BCUT2D eigenvalue weighted by Crippen LogP contribution is -2.39. The second-order valence-corrected chi connectivity index (χ2v) is 5.89. The summed E-state index contributed by atoms with van der Waals surface area (Å²) in [6, 6.07) is 8.11. The Labute approximate surface area is 132 Å². The van der Waals surface area contributed by atoms with Crippen LogP contribution in [-0.4, -0.2) is 51.8 Å². The van der Waals surface area contributed by atoms with E-state index in [1.165, 1.54) is 0 Å². The van der Waals surface area contributed by atoms with Gasteiger partial charge in [0, 0.05) is 25.7 Å². The first-order valence-electron chi connectivity index (χ1n) is 7.77. The molecule has 5 heteroatoms. The smallest absolute Gasteiger partial charge is 0.223 e. The third-order valence-corrected chi connectivity index (χ3v) is 4.16. The Kier molecular flexibility index (Phi) is 6.21. The lowest BCUT2D eigenvalue weighted by atomic mass is 9.99. The van der Waals surface area contributed by atoms with Gasteiger partial charge in [0.2, 0.25) is 5.91 Å². The fourth-order valence-electron chi connectivity index (χ4n) is 2.75. The van der Waals surface area contributed by atoms with Crippen LogP contribution in [0.5, 0.6) is 5.75 Å². The van der Waals surface area contributed by atoms with Gasteiger partial charge in [0.1, 0.15) is 5.75 Å². The van der Waals surface area contributed by atoms with E-state index < -0.39 is 0 Å². The molecular weight excluding hydrogens is 280 g/mol. The van der Waals surface area contributed by atoms with Gasteiger partial charge in [-0.15, -0.1) is 0 Å². The molecule has 2 rings (SSSR count). The van der Waals surface area contributed by atoms with Gasteiger partial charge in [-0.2, -0.15) is 0 Å². The zero-order valence-corrected chi connectivity index (χ0v) is 13.7. The average molecular weight is 306 g/mol. The summed E-state index contributed by atoms with van der Waals surface area (Å²) in [5, 5.41) is 3.09. The highest BCUT2D eigenvalue weighted by Crippen LogP contribution is 2.22. The molecule has 0 aromatic heterocycles. The Bertz CT molecular complexity index is 485. The van der Waals surface area contributed by atoms with Crippen LogP contribution in [0, 0.1) is 5.92 Å². The number of carbonyl (C=O) groups excluding carboxylic acids is 1. The number of methoxy groups -OCH3 is 1. The Morgan fingerprint density at radius 1 is 1.41 bits per heavy atom. The third-order valence-electron chi connectivity index (χ3n) is 4.16. The lowest BCUT2D eigenvalue weighted by Gasteiger charge is -2.27. The number of nitrogens with one attached hydrogen (secondary N) is 1. The van der Waals surface area contributed by atoms with Gasteiger partial charge in [0.25, 0.3) is 0 Å². The number of rotatable bonds is 6. The molecule has 1 saturated heterocycles. The van der Waals surface area contributed by atoms with E-state index in [9.17, 15) is 4.79 Å². The van der Waals surface area contributed by atoms with Crippen molar-refractivity contribution in [1.82, 2.24) is 10.2 Å². The topological polar surface area (TPSA) is 50.8 Å². The van der Waals surface area contributed by atoms with Gasteiger partial charge in [-0.25, -0.2) is 0 Å². The molecule has 0 radical (unpaired) electrons. The largest absolute Gasteiger partial charge is 0.497 e. The van der Waals surface area contributed by atoms with Gasteiger partial charge in [0.05, 0.1) is 13.2 Å². The second kappa shape index (κ2) is 8.15. The van der Waals surface area contributed by atoms with Gasteiger partial charge in [-0.3, -0.25) is 4.79 Å². The van der Waals surface area contributed by atoms with Gasteiger partial charge < -0.3 is 19.7 Å². The summed E-state index contributed by atoms with van der Waals surface area (Å²) in [6.07, 6.45) is 1.63. The fourth-order valence-corrected chi connectivity index (χ4v) is 2.75.